The molecule has 3 amide bonds. The lowest BCUT2D eigenvalue weighted by molar-refractivity contribution is -0.120. The molecule has 0 fully saturated rings. The maximum absolute atomic E-state index is 13.0. The van der Waals surface area contributed by atoms with Crippen LogP contribution in [0, 0.1) is 0 Å². The number of carbonyl (C=O) groups is 3. The first-order chi connectivity index (χ1) is 16.8. The van der Waals surface area contributed by atoms with Crippen LogP contribution in [0.1, 0.15) is 17.3 Å². The first-order valence-electron chi connectivity index (χ1n) is 10.4. The zero-order valence-electron chi connectivity index (χ0n) is 18.3. The molecule has 0 saturated heterocycles. The van der Waals surface area contributed by atoms with Gasteiger partial charge in [0.05, 0.1) is 12.3 Å². The highest BCUT2D eigenvalue weighted by Crippen LogP contribution is 2.33. The highest BCUT2D eigenvalue weighted by molar-refractivity contribution is 6.53. The number of carbonyl (C=O) groups excluding carboxylic acids is 3. The Labute approximate surface area is 216 Å². The van der Waals surface area contributed by atoms with Crippen LogP contribution in [0.2, 0.25) is 10.0 Å². The van der Waals surface area contributed by atoms with E-state index in [9.17, 15) is 14.4 Å². The maximum Gasteiger partial charge on any atom is 0.283 e. The Morgan fingerprint density at radius 3 is 2.23 bits per heavy atom. The number of amides is 3. The van der Waals surface area contributed by atoms with Gasteiger partial charge in [0.2, 0.25) is 0 Å². The summed E-state index contributed by atoms with van der Waals surface area (Å²) in [5, 5.41) is 5.88. The van der Waals surface area contributed by atoms with E-state index in [1.165, 1.54) is 24.3 Å². The molecule has 0 aliphatic carbocycles. The van der Waals surface area contributed by atoms with Crippen LogP contribution in [0.15, 0.2) is 77.5 Å². The summed E-state index contributed by atoms with van der Waals surface area (Å²) >= 11 is 18.2. The van der Waals surface area contributed by atoms with E-state index in [4.69, 9.17) is 39.5 Å². The summed E-state index contributed by atoms with van der Waals surface area (Å²) in [5.74, 6) is -1.06. The lowest BCUT2D eigenvalue weighted by Gasteiger charge is -2.16. The van der Waals surface area contributed by atoms with Crippen molar-refractivity contribution in [2.24, 2.45) is 0 Å². The van der Waals surface area contributed by atoms with Crippen molar-refractivity contribution in [3.05, 3.63) is 93.1 Å². The zero-order valence-corrected chi connectivity index (χ0v) is 20.5. The molecule has 0 atom stereocenters. The van der Waals surface area contributed by atoms with E-state index >= 15 is 0 Å². The van der Waals surface area contributed by atoms with Gasteiger partial charge in [0.15, 0.2) is 0 Å². The molecule has 0 spiro atoms. The highest BCUT2D eigenvalue weighted by Gasteiger charge is 2.39. The van der Waals surface area contributed by atoms with E-state index in [1.807, 2.05) is 6.92 Å². The van der Waals surface area contributed by atoms with Crippen LogP contribution < -0.4 is 20.3 Å². The van der Waals surface area contributed by atoms with Gasteiger partial charge in [0, 0.05) is 27.0 Å². The van der Waals surface area contributed by atoms with Crippen molar-refractivity contribution in [3.8, 4) is 5.75 Å². The van der Waals surface area contributed by atoms with E-state index in [2.05, 4.69) is 10.6 Å². The van der Waals surface area contributed by atoms with Gasteiger partial charge in [0.25, 0.3) is 17.7 Å². The Kier molecular flexibility index (Phi) is 7.31. The van der Waals surface area contributed by atoms with Crippen molar-refractivity contribution in [2.75, 3.05) is 22.1 Å². The van der Waals surface area contributed by atoms with Crippen molar-refractivity contribution < 1.29 is 19.1 Å². The molecule has 2 N–H and O–H groups in total. The first kappa shape index (κ1) is 24.6. The number of halogens is 3. The molecule has 7 nitrogen and oxygen atoms in total. The van der Waals surface area contributed by atoms with Crippen LogP contribution in [0.25, 0.3) is 0 Å². The number of nitrogens with one attached hydrogen (secondary N) is 2. The smallest absolute Gasteiger partial charge is 0.283 e. The monoisotopic (exact) mass is 529 g/mol. The molecule has 0 saturated carbocycles. The number of benzene rings is 3. The minimum absolute atomic E-state index is 0.128. The normalized spacial score (nSPS) is 13.3. The molecule has 0 bridgehead atoms. The van der Waals surface area contributed by atoms with Crippen LogP contribution in [0.3, 0.4) is 0 Å². The summed E-state index contributed by atoms with van der Waals surface area (Å²) in [4.78, 5) is 39.3. The molecule has 3 aromatic carbocycles. The van der Waals surface area contributed by atoms with Gasteiger partial charge in [-0.25, -0.2) is 4.90 Å². The van der Waals surface area contributed by atoms with Gasteiger partial charge in [-0.05, 0) is 67.6 Å². The summed E-state index contributed by atoms with van der Waals surface area (Å²) in [6.45, 7) is 2.43. The second-order valence-corrected chi connectivity index (χ2v) is 8.63. The van der Waals surface area contributed by atoms with Crippen molar-refractivity contribution in [1.82, 2.24) is 0 Å². The standard InChI is InChI=1S/C25H18Cl3N3O4/c1-2-35-20-8-6-17(7-9-20)30-23(32)14-4-3-5-18(10-14)29-22-21(28)24(33)31(25(22)34)19-12-15(26)11-16(27)13-19/h3-13,29H,2H2,1H3,(H,30,32). The molecule has 4 rings (SSSR count). The number of nitrogens with zero attached hydrogens (tertiary/aromatic N) is 1. The van der Waals surface area contributed by atoms with Gasteiger partial charge in [-0.1, -0.05) is 40.9 Å². The Morgan fingerprint density at radius 1 is 0.886 bits per heavy atom. The predicted molar refractivity (Wildman–Crippen MR) is 137 cm³/mol. The number of rotatable bonds is 7. The van der Waals surface area contributed by atoms with Crippen molar-refractivity contribution in [3.63, 3.8) is 0 Å². The number of hydrogen-bond donors (Lipinski definition) is 2. The van der Waals surface area contributed by atoms with E-state index in [-0.39, 0.29) is 32.4 Å². The highest BCUT2D eigenvalue weighted by atomic mass is 35.5. The summed E-state index contributed by atoms with van der Waals surface area (Å²) in [5.41, 5.74) is 1.38. The van der Waals surface area contributed by atoms with Gasteiger partial charge < -0.3 is 15.4 Å². The first-order valence-corrected chi connectivity index (χ1v) is 11.6. The fourth-order valence-electron chi connectivity index (χ4n) is 3.40. The number of imide groups is 1. The Morgan fingerprint density at radius 2 is 1.57 bits per heavy atom. The van der Waals surface area contributed by atoms with Gasteiger partial charge in [-0.2, -0.15) is 0 Å². The van der Waals surface area contributed by atoms with Gasteiger partial charge in [-0.3, -0.25) is 14.4 Å². The molecule has 1 aliphatic heterocycles. The van der Waals surface area contributed by atoms with E-state index in [1.54, 1.807) is 42.5 Å². The van der Waals surface area contributed by atoms with Crippen molar-refractivity contribution in [2.45, 2.75) is 6.92 Å². The lowest BCUT2D eigenvalue weighted by Crippen LogP contribution is -2.32. The summed E-state index contributed by atoms with van der Waals surface area (Å²) in [6.07, 6.45) is 0. The second-order valence-electron chi connectivity index (χ2n) is 7.38. The van der Waals surface area contributed by atoms with Crippen molar-refractivity contribution >= 4 is 69.6 Å². The fourth-order valence-corrected chi connectivity index (χ4v) is 4.13. The van der Waals surface area contributed by atoms with Crippen LogP contribution in [0.4, 0.5) is 17.1 Å². The minimum atomic E-state index is -0.720. The largest absolute Gasteiger partial charge is 0.494 e. The predicted octanol–water partition coefficient (Wildman–Crippen LogP) is 6.08. The average molecular weight is 531 g/mol. The molecule has 0 radical (unpaired) electrons. The second kappa shape index (κ2) is 10.4. The lowest BCUT2D eigenvalue weighted by atomic mass is 10.1. The Bertz CT molecular complexity index is 1340. The zero-order chi connectivity index (χ0) is 25.1. The molecular weight excluding hydrogens is 513 g/mol. The summed E-state index contributed by atoms with van der Waals surface area (Å²) in [7, 11) is 0. The number of hydrogen-bond acceptors (Lipinski definition) is 5. The molecule has 10 heteroatoms. The third kappa shape index (κ3) is 5.43. The van der Waals surface area contributed by atoms with Crippen LogP contribution in [-0.2, 0) is 9.59 Å². The van der Waals surface area contributed by atoms with Gasteiger partial charge in [0.1, 0.15) is 16.5 Å². The van der Waals surface area contributed by atoms with E-state index in [0.29, 0.717) is 29.3 Å². The summed E-state index contributed by atoms with van der Waals surface area (Å²) < 4.78 is 5.40. The third-order valence-corrected chi connectivity index (χ3v) is 5.74. The fraction of sp³-hybridized carbons (Fsp3) is 0.0800. The topological polar surface area (TPSA) is 87.7 Å². The number of anilines is 3. The van der Waals surface area contributed by atoms with E-state index in [0.717, 1.165) is 4.90 Å². The van der Waals surface area contributed by atoms with Gasteiger partial charge >= 0.3 is 0 Å². The van der Waals surface area contributed by atoms with Crippen LogP contribution >= 0.6 is 34.8 Å². The van der Waals surface area contributed by atoms with Gasteiger partial charge in [-0.15, -0.1) is 0 Å². The van der Waals surface area contributed by atoms with Crippen LogP contribution in [0.5, 0.6) is 5.75 Å². The molecule has 178 valence electrons. The molecular formula is C25H18Cl3N3O4. The molecule has 0 aromatic heterocycles. The van der Waals surface area contributed by atoms with Crippen LogP contribution in [-0.4, -0.2) is 24.3 Å². The number of ether oxygens (including phenoxy) is 1. The molecule has 0 unspecified atom stereocenters. The van der Waals surface area contributed by atoms with Crippen molar-refractivity contribution in [1.29, 1.82) is 0 Å². The quantitative estimate of drug-likeness (QED) is 0.362. The third-order valence-electron chi connectivity index (χ3n) is 4.95. The SMILES string of the molecule is CCOc1ccc(NC(=O)c2cccc(NC3=C(Cl)C(=O)N(c4cc(Cl)cc(Cl)c4)C3=O)c2)cc1. The Balaban J connectivity index is 1.51. The average Bonchev–Trinajstić information content (AvgIpc) is 3.03. The Hall–Kier alpha value is -3.52. The van der Waals surface area contributed by atoms with E-state index < -0.39 is 11.8 Å². The molecule has 3 aromatic rings. The molecule has 1 heterocycles. The maximum atomic E-state index is 13.0. The molecule has 35 heavy (non-hydrogen) atoms. The summed E-state index contributed by atoms with van der Waals surface area (Å²) in [6, 6.07) is 17.8. The molecule has 1 aliphatic rings. The minimum Gasteiger partial charge on any atom is -0.494 e.